The number of likely N-dealkylation sites (N-methyl/N-ethyl adjacent to an activating group) is 1. The Morgan fingerprint density at radius 2 is 2.04 bits per heavy atom. The van der Waals surface area contributed by atoms with Crippen LogP contribution < -0.4 is 5.32 Å². The molecule has 0 spiro atoms. The largest absolute Gasteiger partial charge is 0.376 e. The number of rotatable bonds is 6. The van der Waals surface area contributed by atoms with Crippen LogP contribution in [0.3, 0.4) is 0 Å². The molecule has 3 rings (SSSR count). The number of nitrogens with zero attached hydrogens (tertiary/aromatic N) is 1. The first-order valence-electron chi connectivity index (χ1n) is 9.10. The van der Waals surface area contributed by atoms with E-state index < -0.39 is 0 Å². The molecule has 0 radical (unpaired) electrons. The molecule has 1 aromatic rings. The monoisotopic (exact) mass is 350 g/mol. The maximum atomic E-state index is 12.8. The third-order valence-corrected chi connectivity index (χ3v) is 5.50. The number of amides is 2. The summed E-state index contributed by atoms with van der Waals surface area (Å²) in [4.78, 5) is 14.7. The molecule has 1 aliphatic heterocycles. The van der Waals surface area contributed by atoms with E-state index in [2.05, 4.69) is 5.32 Å². The number of hydrogen-bond acceptors (Lipinski definition) is 2. The lowest BCUT2D eigenvalue weighted by Crippen LogP contribution is -2.46. The van der Waals surface area contributed by atoms with Gasteiger partial charge in [0, 0.05) is 24.7 Å². The zero-order valence-electron chi connectivity index (χ0n) is 14.3. The van der Waals surface area contributed by atoms with Crippen LogP contribution in [0.5, 0.6) is 0 Å². The van der Waals surface area contributed by atoms with Crippen molar-refractivity contribution in [1.82, 2.24) is 10.2 Å². The molecule has 2 atom stereocenters. The van der Waals surface area contributed by atoms with Crippen molar-refractivity contribution in [3.05, 3.63) is 34.9 Å². The average molecular weight is 351 g/mol. The number of ether oxygens (including phenoxy) is 1. The summed E-state index contributed by atoms with van der Waals surface area (Å²) in [5, 5.41) is 4.00. The SMILES string of the molecule is CCN(CC1CCCO1)C(=O)NC(c1ccc(Cl)cc1)C1CCC1. The first-order valence-corrected chi connectivity index (χ1v) is 9.47. The van der Waals surface area contributed by atoms with Crippen LogP contribution in [0.4, 0.5) is 4.79 Å². The maximum absolute atomic E-state index is 12.8. The summed E-state index contributed by atoms with van der Waals surface area (Å²) >= 11 is 6.01. The predicted molar refractivity (Wildman–Crippen MR) is 96.3 cm³/mol. The molecule has 0 bridgehead atoms. The van der Waals surface area contributed by atoms with Gasteiger partial charge in [0.1, 0.15) is 0 Å². The fourth-order valence-corrected chi connectivity index (χ4v) is 3.66. The summed E-state index contributed by atoms with van der Waals surface area (Å²) in [5.41, 5.74) is 1.14. The Balaban J connectivity index is 1.66. The Hall–Kier alpha value is -1.26. The smallest absolute Gasteiger partial charge is 0.317 e. The van der Waals surface area contributed by atoms with Crippen LogP contribution in [0, 0.1) is 5.92 Å². The highest BCUT2D eigenvalue weighted by Gasteiger charge is 2.31. The number of hydrogen-bond donors (Lipinski definition) is 1. The van der Waals surface area contributed by atoms with Gasteiger partial charge in [-0.2, -0.15) is 0 Å². The fraction of sp³-hybridized carbons (Fsp3) is 0.632. The minimum Gasteiger partial charge on any atom is -0.376 e. The molecular formula is C19H27ClN2O2. The Morgan fingerprint density at radius 1 is 1.29 bits per heavy atom. The van der Waals surface area contributed by atoms with E-state index in [9.17, 15) is 4.79 Å². The summed E-state index contributed by atoms with van der Waals surface area (Å²) in [7, 11) is 0. The van der Waals surface area contributed by atoms with Crippen molar-refractivity contribution in [1.29, 1.82) is 0 Å². The molecule has 1 aliphatic carbocycles. The van der Waals surface area contributed by atoms with E-state index in [-0.39, 0.29) is 18.2 Å². The van der Waals surface area contributed by atoms with Gasteiger partial charge in [0.15, 0.2) is 0 Å². The Morgan fingerprint density at radius 3 is 2.58 bits per heavy atom. The highest BCUT2D eigenvalue weighted by atomic mass is 35.5. The van der Waals surface area contributed by atoms with Gasteiger partial charge in [0.05, 0.1) is 12.1 Å². The van der Waals surface area contributed by atoms with E-state index in [1.54, 1.807) is 0 Å². The number of carbonyl (C=O) groups is 1. The van der Waals surface area contributed by atoms with Crippen molar-refractivity contribution >= 4 is 17.6 Å². The third kappa shape index (κ3) is 4.22. The van der Waals surface area contributed by atoms with E-state index in [0.29, 0.717) is 19.0 Å². The second-order valence-corrected chi connectivity index (χ2v) is 7.28. The molecule has 2 fully saturated rings. The molecule has 4 nitrogen and oxygen atoms in total. The molecule has 1 N–H and O–H groups in total. The van der Waals surface area contributed by atoms with Crippen LogP contribution in [-0.2, 0) is 4.74 Å². The van der Waals surface area contributed by atoms with Gasteiger partial charge in [0.2, 0.25) is 0 Å². The third-order valence-electron chi connectivity index (χ3n) is 5.25. The van der Waals surface area contributed by atoms with Crippen LogP contribution in [0.15, 0.2) is 24.3 Å². The number of nitrogens with one attached hydrogen (secondary N) is 1. The quantitative estimate of drug-likeness (QED) is 0.826. The van der Waals surface area contributed by atoms with Gasteiger partial charge >= 0.3 is 6.03 Å². The zero-order valence-corrected chi connectivity index (χ0v) is 15.1. The summed E-state index contributed by atoms with van der Waals surface area (Å²) in [6.45, 7) is 4.22. The maximum Gasteiger partial charge on any atom is 0.317 e. The summed E-state index contributed by atoms with van der Waals surface area (Å²) in [6.07, 6.45) is 5.93. The van der Waals surface area contributed by atoms with Crippen LogP contribution in [0.2, 0.25) is 5.02 Å². The number of benzene rings is 1. The molecule has 2 aliphatic rings. The van der Waals surface area contributed by atoms with Crippen LogP contribution in [0.1, 0.15) is 50.6 Å². The standard InChI is InChI=1S/C19H27ClN2O2/c1-2-22(13-17-7-4-12-24-17)19(23)21-18(14-5-3-6-14)15-8-10-16(20)11-9-15/h8-11,14,17-18H,2-7,12-13H2,1H3,(H,21,23). The van der Waals surface area contributed by atoms with Crippen molar-refractivity contribution in [2.24, 2.45) is 5.92 Å². The van der Waals surface area contributed by atoms with Crippen LogP contribution >= 0.6 is 11.6 Å². The molecule has 132 valence electrons. The van der Waals surface area contributed by atoms with Crippen LogP contribution in [-0.4, -0.2) is 36.7 Å². The first kappa shape index (κ1) is 17.6. The zero-order chi connectivity index (χ0) is 16.9. The molecule has 24 heavy (non-hydrogen) atoms. The van der Waals surface area contributed by atoms with Crippen molar-refractivity contribution in [3.63, 3.8) is 0 Å². The summed E-state index contributed by atoms with van der Waals surface area (Å²) in [6, 6.07) is 7.95. The molecule has 1 aromatic carbocycles. The van der Waals surface area contributed by atoms with Gasteiger partial charge in [-0.05, 0) is 56.2 Å². The van der Waals surface area contributed by atoms with E-state index in [4.69, 9.17) is 16.3 Å². The Bertz CT molecular complexity index is 539. The minimum absolute atomic E-state index is 0.0137. The van der Waals surface area contributed by atoms with Gasteiger partial charge in [-0.25, -0.2) is 4.79 Å². The van der Waals surface area contributed by atoms with Crippen molar-refractivity contribution in [2.75, 3.05) is 19.7 Å². The molecule has 1 saturated carbocycles. The molecule has 1 saturated heterocycles. The second-order valence-electron chi connectivity index (χ2n) is 6.84. The molecule has 0 aromatic heterocycles. The lowest BCUT2D eigenvalue weighted by atomic mass is 9.77. The Labute approximate surface area is 149 Å². The van der Waals surface area contributed by atoms with Crippen molar-refractivity contribution in [3.8, 4) is 0 Å². The first-order chi connectivity index (χ1) is 11.7. The summed E-state index contributed by atoms with van der Waals surface area (Å²) in [5.74, 6) is 0.525. The normalized spacial score (nSPS) is 22.0. The van der Waals surface area contributed by atoms with Gasteiger partial charge in [0.25, 0.3) is 0 Å². The molecular weight excluding hydrogens is 324 g/mol. The van der Waals surface area contributed by atoms with Gasteiger partial charge in [-0.1, -0.05) is 30.2 Å². The lowest BCUT2D eigenvalue weighted by molar-refractivity contribution is 0.0809. The molecule has 5 heteroatoms. The Kier molecular flexibility index (Phi) is 6.01. The van der Waals surface area contributed by atoms with E-state index >= 15 is 0 Å². The topological polar surface area (TPSA) is 41.6 Å². The highest BCUT2D eigenvalue weighted by molar-refractivity contribution is 6.30. The number of urea groups is 1. The molecule has 2 amide bonds. The van der Waals surface area contributed by atoms with E-state index in [0.717, 1.165) is 30.0 Å². The minimum atomic E-state index is 0.0137. The molecule has 2 unspecified atom stereocenters. The average Bonchev–Trinajstić information content (AvgIpc) is 3.04. The molecule has 1 heterocycles. The predicted octanol–water partition coefficient (Wildman–Crippen LogP) is 4.39. The van der Waals surface area contributed by atoms with Gasteiger partial charge in [-0.15, -0.1) is 0 Å². The number of halogens is 1. The van der Waals surface area contributed by atoms with E-state index in [1.165, 1.54) is 19.3 Å². The van der Waals surface area contributed by atoms with Crippen molar-refractivity contribution in [2.45, 2.75) is 51.2 Å². The summed E-state index contributed by atoms with van der Waals surface area (Å²) < 4.78 is 5.68. The van der Waals surface area contributed by atoms with Crippen molar-refractivity contribution < 1.29 is 9.53 Å². The highest BCUT2D eigenvalue weighted by Crippen LogP contribution is 2.38. The van der Waals surface area contributed by atoms with Gasteiger partial charge < -0.3 is 15.0 Å². The van der Waals surface area contributed by atoms with E-state index in [1.807, 2.05) is 36.1 Å². The second kappa shape index (κ2) is 8.21. The van der Waals surface area contributed by atoms with Crippen LogP contribution in [0.25, 0.3) is 0 Å². The fourth-order valence-electron chi connectivity index (χ4n) is 3.53. The van der Waals surface area contributed by atoms with Gasteiger partial charge in [-0.3, -0.25) is 0 Å². The number of carbonyl (C=O) groups excluding carboxylic acids is 1. The lowest BCUT2D eigenvalue weighted by Gasteiger charge is -2.36.